The van der Waals surface area contributed by atoms with Crippen LogP contribution in [0.15, 0.2) is 193 Å². The fourth-order valence-electron chi connectivity index (χ4n) is 6.81. The smallest absolute Gasteiger partial charge is 0.0774 e. The normalized spacial score (nSPS) is 11.9. The summed E-state index contributed by atoms with van der Waals surface area (Å²) in [5, 5.41) is 0.964. The number of imidazole rings is 1. The molecule has 0 spiro atoms. The summed E-state index contributed by atoms with van der Waals surface area (Å²) in [6.07, 6.45) is 8.70. The number of fused-ring (bicyclic) bond motifs is 2. The van der Waals surface area contributed by atoms with E-state index in [1.165, 1.54) is 6.20 Å². The minimum atomic E-state index is -2.09. The van der Waals surface area contributed by atoms with E-state index in [0.717, 1.165) is 78.3 Å². The van der Waals surface area contributed by atoms with Gasteiger partial charge in [-0.1, -0.05) is 126 Å². The van der Waals surface area contributed by atoms with Gasteiger partial charge in [0.05, 0.1) is 22.5 Å². The van der Waals surface area contributed by atoms with Crippen molar-refractivity contribution in [1.82, 2.24) is 19.1 Å². The molecule has 4 aromatic heterocycles. The van der Waals surface area contributed by atoms with E-state index >= 15 is 0 Å². The van der Waals surface area contributed by atoms with Crippen LogP contribution in [0.5, 0.6) is 0 Å². The molecule has 55 heavy (non-hydrogen) atoms. The Hall–Kier alpha value is -6.59. The largest absolute Gasteiger partial charge is 0.557 e. The van der Waals surface area contributed by atoms with E-state index in [1.54, 1.807) is 18.2 Å². The number of hydrogen-bond donors (Lipinski definition) is 0. The summed E-state index contributed by atoms with van der Waals surface area (Å²) >= 11 is 0. The Kier molecular flexibility index (Phi) is 9.16. The Morgan fingerprint density at radius 1 is 0.673 bits per heavy atom. The second-order valence-corrected chi connectivity index (χ2v) is 12.8. The van der Waals surface area contributed by atoms with Gasteiger partial charge in [0.25, 0.3) is 0 Å². The van der Waals surface area contributed by atoms with Gasteiger partial charge in [0.1, 0.15) is 0 Å². The van der Waals surface area contributed by atoms with Crippen LogP contribution in [0, 0.1) is 19.2 Å². The van der Waals surface area contributed by atoms with Crippen LogP contribution >= 0.6 is 0 Å². The number of furan rings is 1. The van der Waals surface area contributed by atoms with Crippen LogP contribution in [0.25, 0.3) is 78.3 Å². The summed E-state index contributed by atoms with van der Waals surface area (Å²) in [6, 6.07) is 60.0. The maximum atomic E-state index is 7.23. The molecule has 0 atom stereocenters. The first-order chi connectivity index (χ1) is 27.9. The van der Waals surface area contributed by atoms with Gasteiger partial charge in [-0.15, -0.1) is 35.9 Å². The average molecular weight is 890 g/mol. The summed E-state index contributed by atoms with van der Waals surface area (Å²) in [5.74, 6) is 0.787. The van der Waals surface area contributed by atoms with Crippen LogP contribution in [-0.4, -0.2) is 19.1 Å². The van der Waals surface area contributed by atoms with Crippen molar-refractivity contribution < 1.29 is 28.6 Å². The maximum absolute atomic E-state index is 7.23. The van der Waals surface area contributed by atoms with E-state index in [9.17, 15) is 0 Å². The van der Waals surface area contributed by atoms with Gasteiger partial charge in [0.15, 0.2) is 0 Å². The molecule has 0 aliphatic carbocycles. The molecule has 0 saturated heterocycles. The standard InChI is InChI=1S/C37H24N3O.C12H10N.Ir/c1-3-12-26(13-4-1)29-16-11-17-30(27-14-5-2-6-15-27)36(29)40-34-19-8-7-18-33(34)38-37(40)32-25-41-35-21-20-28(24-31(32)35)39-22-9-10-23-39;1-10-7-8-12(13-9-10)11-5-3-2-4-6-11;/h1-24H;2-5,7-9H,1H3;/q2*-1;/i;1D3;. The molecule has 6 heteroatoms. The van der Waals surface area contributed by atoms with Crippen molar-refractivity contribution >= 4 is 22.0 Å². The second kappa shape index (κ2) is 15.8. The molecule has 5 nitrogen and oxygen atoms in total. The SMILES string of the molecule is [2H]C([2H])([2H])c1ccc(-c2[c-]cccc2)nc1.[Ir].[c-]1oc2ccc(-n3cccc3)cc2c1-c1nc2ccccc2n1-c1c(-c2ccccc2)cccc1-c1ccccc1. The molecule has 0 aliphatic heterocycles. The van der Waals surface area contributed by atoms with Crippen molar-refractivity contribution in [3.8, 4) is 56.3 Å². The molecule has 4 heterocycles. The molecule has 0 saturated carbocycles. The number of pyridine rings is 1. The molecule has 0 amide bonds. The van der Waals surface area contributed by atoms with Crippen molar-refractivity contribution in [2.75, 3.05) is 0 Å². The summed E-state index contributed by atoms with van der Waals surface area (Å²) in [5.41, 5.74) is 12.0. The number of rotatable bonds is 6. The average Bonchev–Trinajstić information content (AvgIpc) is 4.04. The van der Waals surface area contributed by atoms with Crippen molar-refractivity contribution in [2.45, 2.75) is 6.85 Å². The molecule has 6 aromatic carbocycles. The van der Waals surface area contributed by atoms with Gasteiger partial charge < -0.3 is 18.5 Å². The van der Waals surface area contributed by atoms with Gasteiger partial charge in [-0.25, -0.2) is 0 Å². The Morgan fingerprint density at radius 2 is 1.38 bits per heavy atom. The van der Waals surface area contributed by atoms with Gasteiger partial charge >= 0.3 is 0 Å². The van der Waals surface area contributed by atoms with Crippen molar-refractivity contribution in [2.24, 2.45) is 0 Å². The molecule has 0 N–H and O–H groups in total. The first-order valence-corrected chi connectivity index (χ1v) is 17.7. The first-order valence-electron chi connectivity index (χ1n) is 19.2. The third-order valence-electron chi connectivity index (χ3n) is 9.36. The molecular formula is C49H34IrN4O-2. The fourth-order valence-corrected chi connectivity index (χ4v) is 6.81. The third-order valence-corrected chi connectivity index (χ3v) is 9.36. The molecular weight excluding hydrogens is 853 g/mol. The molecule has 0 fully saturated rings. The summed E-state index contributed by atoms with van der Waals surface area (Å²) in [7, 11) is 0. The van der Waals surface area contributed by atoms with Crippen LogP contribution in [-0.2, 0) is 20.1 Å². The van der Waals surface area contributed by atoms with Crippen LogP contribution in [0.3, 0.4) is 0 Å². The van der Waals surface area contributed by atoms with E-state index in [0.29, 0.717) is 0 Å². The Morgan fingerprint density at radius 3 is 2.05 bits per heavy atom. The summed E-state index contributed by atoms with van der Waals surface area (Å²) in [4.78, 5) is 9.33. The van der Waals surface area contributed by atoms with E-state index in [1.807, 2.05) is 54.9 Å². The molecule has 10 aromatic rings. The zero-order chi connectivity index (χ0) is 38.8. The Balaban J connectivity index is 0.000000233. The number of aryl methyl sites for hydroxylation is 1. The zero-order valence-electron chi connectivity index (χ0n) is 32.4. The maximum Gasteiger partial charge on any atom is 0.0774 e. The number of nitrogens with zero attached hydrogens (tertiary/aromatic N) is 4. The third kappa shape index (κ3) is 7.09. The minimum Gasteiger partial charge on any atom is -0.557 e. The predicted octanol–water partition coefficient (Wildman–Crippen LogP) is 12.2. The molecule has 10 rings (SSSR count). The molecule has 267 valence electrons. The van der Waals surface area contributed by atoms with Gasteiger partial charge in [-0.2, -0.15) is 0 Å². The topological polar surface area (TPSA) is 48.8 Å². The zero-order valence-corrected chi connectivity index (χ0v) is 31.8. The Labute approximate surface area is 337 Å². The van der Waals surface area contributed by atoms with Gasteiger partial charge in [0.2, 0.25) is 0 Å². The Bertz CT molecular complexity index is 2870. The van der Waals surface area contributed by atoms with E-state index in [2.05, 4.69) is 136 Å². The monoisotopic (exact) mass is 890 g/mol. The van der Waals surface area contributed by atoms with Crippen molar-refractivity contribution in [3.63, 3.8) is 0 Å². The number of aromatic nitrogens is 4. The fraction of sp³-hybridized carbons (Fsp3) is 0.0204. The van der Waals surface area contributed by atoms with E-state index in [4.69, 9.17) is 13.5 Å². The van der Waals surface area contributed by atoms with Crippen molar-refractivity contribution in [3.05, 3.63) is 206 Å². The van der Waals surface area contributed by atoms with Crippen LogP contribution < -0.4 is 0 Å². The molecule has 0 bridgehead atoms. The molecule has 0 unspecified atom stereocenters. The number of benzene rings is 6. The quantitative estimate of drug-likeness (QED) is 0.156. The van der Waals surface area contributed by atoms with Crippen LogP contribution in [0.1, 0.15) is 9.68 Å². The molecule has 0 aliphatic rings. The van der Waals surface area contributed by atoms with Crippen LogP contribution in [0.2, 0.25) is 0 Å². The predicted molar refractivity (Wildman–Crippen MR) is 219 cm³/mol. The van der Waals surface area contributed by atoms with E-state index in [-0.39, 0.29) is 25.7 Å². The molecule has 1 radical (unpaired) electrons. The second-order valence-electron chi connectivity index (χ2n) is 12.8. The van der Waals surface area contributed by atoms with Gasteiger partial charge in [-0.05, 0) is 59.6 Å². The summed E-state index contributed by atoms with van der Waals surface area (Å²) in [6.45, 7) is -2.09. The van der Waals surface area contributed by atoms with Gasteiger partial charge in [0, 0.05) is 71.5 Å². The van der Waals surface area contributed by atoms with Crippen molar-refractivity contribution in [1.29, 1.82) is 0 Å². The number of para-hydroxylation sites is 3. The van der Waals surface area contributed by atoms with Gasteiger partial charge in [-0.3, -0.25) is 4.98 Å². The van der Waals surface area contributed by atoms with E-state index < -0.39 is 6.85 Å². The minimum absolute atomic E-state index is 0. The number of hydrogen-bond acceptors (Lipinski definition) is 3. The summed E-state index contributed by atoms with van der Waals surface area (Å²) < 4.78 is 32.1. The first kappa shape index (κ1) is 31.9. The van der Waals surface area contributed by atoms with Crippen LogP contribution in [0.4, 0.5) is 0 Å².